The maximum Gasteiger partial charge on any atom is 0.472 e. The Morgan fingerprint density at radius 1 is 0.750 bits per heavy atom. The second-order valence-corrected chi connectivity index (χ2v) is 13.0. The summed E-state index contributed by atoms with van der Waals surface area (Å²) in [4.78, 5) is 12.1. The van der Waals surface area contributed by atoms with E-state index in [1.165, 1.54) is 96.3 Å². The highest BCUT2D eigenvalue weighted by Gasteiger charge is 2.26. The molecule has 0 fully saturated rings. The molecule has 0 saturated carbocycles. The summed E-state index contributed by atoms with van der Waals surface area (Å²) in [6, 6.07) is -0.0752. The van der Waals surface area contributed by atoms with Crippen molar-refractivity contribution in [1.29, 1.82) is 0 Å². The third kappa shape index (κ3) is 24.3. The van der Waals surface area contributed by atoms with Crippen LogP contribution in [-0.2, 0) is 18.3 Å². The van der Waals surface area contributed by atoms with E-state index in [2.05, 4.69) is 11.8 Å². The van der Waals surface area contributed by atoms with Crippen molar-refractivity contribution >= 4 is 7.82 Å². The van der Waals surface area contributed by atoms with Gasteiger partial charge in [0.15, 0.2) is 0 Å². The molecular formula is C28H62N2O5P+. The van der Waals surface area contributed by atoms with Crippen molar-refractivity contribution < 1.29 is 27.7 Å². The molecule has 1 N–H and O–H groups in total. The molecule has 0 rings (SSSR count). The lowest BCUT2D eigenvalue weighted by Gasteiger charge is -2.28. The van der Waals surface area contributed by atoms with Crippen LogP contribution >= 0.6 is 7.82 Å². The summed E-state index contributed by atoms with van der Waals surface area (Å²) in [5.74, 6) is 0. The number of likely N-dealkylation sites (N-methyl/N-ethyl adjacent to an activating group) is 2. The molecule has 0 aliphatic rings. The van der Waals surface area contributed by atoms with Crippen LogP contribution in [0.25, 0.3) is 0 Å². The molecule has 7 nitrogen and oxygen atoms in total. The smallest absolute Gasteiger partial charge is 0.383 e. The van der Waals surface area contributed by atoms with Gasteiger partial charge in [-0.05, 0) is 20.0 Å². The number of rotatable bonds is 27. The minimum Gasteiger partial charge on any atom is -0.383 e. The Bertz CT molecular complexity index is 531. The Balaban J connectivity index is 3.78. The summed E-state index contributed by atoms with van der Waals surface area (Å²) in [6.45, 7) is 4.58. The molecule has 0 aromatic heterocycles. The van der Waals surface area contributed by atoms with Gasteiger partial charge in [0.2, 0.25) is 0 Å². The van der Waals surface area contributed by atoms with E-state index in [0.29, 0.717) is 17.6 Å². The first kappa shape index (κ1) is 36.0. The Kier molecular flexibility index (Phi) is 22.9. The van der Waals surface area contributed by atoms with Crippen molar-refractivity contribution in [2.75, 3.05) is 68.2 Å². The molecule has 0 aromatic carbocycles. The highest BCUT2D eigenvalue weighted by Crippen LogP contribution is 2.43. The first-order chi connectivity index (χ1) is 17.1. The van der Waals surface area contributed by atoms with E-state index in [1.807, 2.05) is 28.2 Å². The van der Waals surface area contributed by atoms with Crippen LogP contribution in [0.3, 0.4) is 0 Å². The third-order valence-corrected chi connectivity index (χ3v) is 7.78. The molecule has 0 aromatic rings. The first-order valence-corrected chi connectivity index (χ1v) is 16.2. The molecule has 0 saturated heterocycles. The van der Waals surface area contributed by atoms with Gasteiger partial charge in [0.1, 0.15) is 13.2 Å². The Morgan fingerprint density at radius 3 is 1.61 bits per heavy atom. The lowest BCUT2D eigenvalue weighted by Crippen LogP contribution is -2.39. The molecule has 2 atom stereocenters. The fourth-order valence-corrected chi connectivity index (χ4v) is 4.98. The number of ether oxygens (including phenoxy) is 1. The quantitative estimate of drug-likeness (QED) is 0.0689. The van der Waals surface area contributed by atoms with Crippen LogP contribution in [0.1, 0.15) is 110 Å². The zero-order valence-electron chi connectivity index (χ0n) is 24.8. The molecule has 0 radical (unpaired) electrons. The standard InChI is InChI=1S/C28H61N2O5P/c1-7-8-9-10-11-12-13-14-15-16-17-18-19-20-21-22-23-29(2)28(26-33-6)27-35-36(31,32)34-25-24-30(3,4)5/h28H,7-27H2,1-6H3/p+1. The Morgan fingerprint density at radius 2 is 1.19 bits per heavy atom. The molecule has 0 amide bonds. The summed E-state index contributed by atoms with van der Waals surface area (Å²) in [7, 11) is 5.64. The highest BCUT2D eigenvalue weighted by molar-refractivity contribution is 7.47. The number of hydrogen-bond donors (Lipinski definition) is 1. The van der Waals surface area contributed by atoms with E-state index in [0.717, 1.165) is 13.0 Å². The zero-order chi connectivity index (χ0) is 27.1. The summed E-state index contributed by atoms with van der Waals surface area (Å²) in [5, 5.41) is 0. The van der Waals surface area contributed by atoms with Crippen LogP contribution in [0.2, 0.25) is 0 Å². The van der Waals surface area contributed by atoms with Crippen LogP contribution in [0, 0.1) is 0 Å². The van der Waals surface area contributed by atoms with Gasteiger partial charge in [-0.3, -0.25) is 13.9 Å². The largest absolute Gasteiger partial charge is 0.472 e. The number of nitrogens with zero attached hydrogens (tertiary/aromatic N) is 2. The van der Waals surface area contributed by atoms with E-state index in [4.69, 9.17) is 13.8 Å². The van der Waals surface area contributed by atoms with E-state index >= 15 is 0 Å². The number of methoxy groups -OCH3 is 1. The van der Waals surface area contributed by atoms with Gasteiger partial charge in [0, 0.05) is 7.11 Å². The van der Waals surface area contributed by atoms with Crippen molar-refractivity contribution in [3.63, 3.8) is 0 Å². The number of phosphoric acid groups is 1. The van der Waals surface area contributed by atoms with Gasteiger partial charge in [-0.15, -0.1) is 0 Å². The molecule has 0 spiro atoms. The predicted molar refractivity (Wildman–Crippen MR) is 152 cm³/mol. The number of unbranched alkanes of at least 4 members (excludes halogenated alkanes) is 15. The molecule has 0 aliphatic heterocycles. The van der Waals surface area contributed by atoms with Crippen molar-refractivity contribution in [1.82, 2.24) is 4.90 Å². The Hall–Kier alpha value is -0.0100. The molecule has 0 heterocycles. The fraction of sp³-hybridized carbons (Fsp3) is 1.00. The van der Waals surface area contributed by atoms with Crippen LogP contribution in [-0.4, -0.2) is 88.5 Å². The molecule has 0 bridgehead atoms. The molecule has 8 heteroatoms. The predicted octanol–water partition coefficient (Wildman–Crippen LogP) is 7.03. The number of quaternary nitrogens is 1. The van der Waals surface area contributed by atoms with E-state index in [9.17, 15) is 9.46 Å². The summed E-state index contributed by atoms with van der Waals surface area (Å²) >= 11 is 0. The van der Waals surface area contributed by atoms with Gasteiger partial charge in [0.05, 0.1) is 40.4 Å². The van der Waals surface area contributed by atoms with Crippen LogP contribution < -0.4 is 0 Å². The number of hydrogen-bond acceptors (Lipinski definition) is 5. The van der Waals surface area contributed by atoms with Gasteiger partial charge < -0.3 is 14.1 Å². The average Bonchev–Trinajstić information content (AvgIpc) is 2.80. The molecule has 36 heavy (non-hydrogen) atoms. The molecule has 218 valence electrons. The second kappa shape index (κ2) is 22.9. The summed E-state index contributed by atoms with van der Waals surface area (Å²) < 4.78 is 28.6. The second-order valence-electron chi connectivity index (χ2n) is 11.5. The van der Waals surface area contributed by atoms with Crippen LogP contribution in [0.4, 0.5) is 0 Å². The molecule has 2 unspecified atom stereocenters. The first-order valence-electron chi connectivity index (χ1n) is 14.7. The fourth-order valence-electron chi connectivity index (χ4n) is 4.23. The van der Waals surface area contributed by atoms with Crippen molar-refractivity contribution in [2.45, 2.75) is 116 Å². The topological polar surface area (TPSA) is 68.2 Å². The lowest BCUT2D eigenvalue weighted by molar-refractivity contribution is -0.870. The normalized spacial score (nSPS) is 14.9. The molecule has 0 aliphatic carbocycles. The van der Waals surface area contributed by atoms with Crippen LogP contribution in [0.5, 0.6) is 0 Å². The molecular weight excluding hydrogens is 475 g/mol. The van der Waals surface area contributed by atoms with Gasteiger partial charge in [-0.25, -0.2) is 4.57 Å². The SMILES string of the molecule is CCCCCCCCCCCCCCCCCCN(C)C(COC)COP(=O)(O)OCC[N+](C)(C)C. The van der Waals surface area contributed by atoms with Crippen molar-refractivity contribution in [3.05, 3.63) is 0 Å². The summed E-state index contributed by atoms with van der Waals surface area (Å²) in [5.41, 5.74) is 0. The van der Waals surface area contributed by atoms with E-state index < -0.39 is 7.82 Å². The Labute approximate surface area is 224 Å². The van der Waals surface area contributed by atoms with Gasteiger partial charge in [-0.1, -0.05) is 103 Å². The van der Waals surface area contributed by atoms with Gasteiger partial charge in [-0.2, -0.15) is 0 Å². The maximum absolute atomic E-state index is 12.2. The van der Waals surface area contributed by atoms with Crippen molar-refractivity contribution in [3.8, 4) is 0 Å². The van der Waals surface area contributed by atoms with Crippen LogP contribution in [0.15, 0.2) is 0 Å². The van der Waals surface area contributed by atoms with E-state index in [1.54, 1.807) is 7.11 Å². The monoisotopic (exact) mass is 537 g/mol. The third-order valence-electron chi connectivity index (χ3n) is 6.79. The van der Waals surface area contributed by atoms with Gasteiger partial charge >= 0.3 is 7.82 Å². The summed E-state index contributed by atoms with van der Waals surface area (Å²) in [6.07, 6.45) is 21.8. The minimum atomic E-state index is -4.05. The lowest BCUT2D eigenvalue weighted by atomic mass is 10.0. The average molecular weight is 538 g/mol. The van der Waals surface area contributed by atoms with Gasteiger partial charge in [0.25, 0.3) is 0 Å². The van der Waals surface area contributed by atoms with E-state index in [-0.39, 0.29) is 19.3 Å². The highest BCUT2D eigenvalue weighted by atomic mass is 31.2. The number of phosphoric ester groups is 1. The zero-order valence-corrected chi connectivity index (χ0v) is 25.7. The van der Waals surface area contributed by atoms with Crippen molar-refractivity contribution in [2.24, 2.45) is 0 Å². The maximum atomic E-state index is 12.2. The minimum absolute atomic E-state index is 0.0752.